The van der Waals surface area contributed by atoms with Crippen molar-refractivity contribution in [1.29, 1.82) is 0 Å². The molecule has 0 saturated heterocycles. The first-order valence-electron chi connectivity index (χ1n) is 7.40. The number of alkyl halides is 7. The number of aliphatic imine (C=N–C) groups is 1. The van der Waals surface area contributed by atoms with Crippen molar-refractivity contribution < 1.29 is 50.1 Å². The molecule has 0 amide bonds. The lowest BCUT2D eigenvalue weighted by Gasteiger charge is -2.28. The minimum atomic E-state index is -6.70. The Labute approximate surface area is 154 Å². The third-order valence-corrected chi connectivity index (χ3v) is 3.21. The molecule has 0 aliphatic heterocycles. The molecule has 5 nitrogen and oxygen atoms in total. The van der Waals surface area contributed by atoms with Gasteiger partial charge < -0.3 is 14.6 Å². The van der Waals surface area contributed by atoms with Crippen LogP contribution < -0.4 is 4.74 Å². The Morgan fingerprint density at radius 1 is 1.11 bits per heavy atom. The second-order valence-electron chi connectivity index (χ2n) is 5.09. The fourth-order valence-electron chi connectivity index (χ4n) is 1.72. The molecule has 0 fully saturated rings. The van der Waals surface area contributed by atoms with Gasteiger partial charge in [0.25, 0.3) is 0 Å². The number of ether oxygens (including phenoxy) is 2. The number of aliphatic hydroxyl groups is 1. The van der Waals surface area contributed by atoms with Crippen molar-refractivity contribution in [2.45, 2.75) is 24.9 Å². The number of rotatable bonds is 7. The Balaban J connectivity index is 3.45. The Kier molecular flexibility index (Phi) is 7.04. The standard InChI is InChI=1S/C16H14F7NO4/c1-3-28-13(26)11(8-24-9-4-6-10(27-2)7-5-9)12(25)14(17,18)15(19,20)16(21,22)23/h4-8,25H,3H2,1-2H3/b12-11+,24-8?. The summed E-state index contributed by atoms with van der Waals surface area (Å²) in [7, 11) is 1.35. The van der Waals surface area contributed by atoms with Gasteiger partial charge >= 0.3 is 24.0 Å². The van der Waals surface area contributed by atoms with Gasteiger partial charge in [-0.3, -0.25) is 4.99 Å². The molecule has 0 spiro atoms. The number of carbonyl (C=O) groups excluding carboxylic acids is 1. The molecule has 0 saturated carbocycles. The summed E-state index contributed by atoms with van der Waals surface area (Å²) in [5.74, 6) is -17.0. The van der Waals surface area contributed by atoms with Gasteiger partial charge in [-0.25, -0.2) is 4.79 Å². The van der Waals surface area contributed by atoms with Crippen LogP contribution in [0.2, 0.25) is 0 Å². The van der Waals surface area contributed by atoms with E-state index in [1.807, 2.05) is 0 Å². The fourth-order valence-corrected chi connectivity index (χ4v) is 1.72. The van der Waals surface area contributed by atoms with Crippen molar-refractivity contribution in [3.8, 4) is 5.75 Å². The first-order chi connectivity index (χ1) is 12.8. The third-order valence-electron chi connectivity index (χ3n) is 3.21. The Hall–Kier alpha value is -2.79. The minimum Gasteiger partial charge on any atom is -0.505 e. The average molecular weight is 417 g/mol. The van der Waals surface area contributed by atoms with Crippen LogP contribution >= 0.6 is 0 Å². The van der Waals surface area contributed by atoms with E-state index < -0.39 is 41.9 Å². The predicted molar refractivity (Wildman–Crippen MR) is 83.4 cm³/mol. The Bertz CT molecular complexity index is 755. The van der Waals surface area contributed by atoms with E-state index in [1.54, 1.807) is 0 Å². The monoisotopic (exact) mass is 417 g/mol. The maximum Gasteiger partial charge on any atom is 0.460 e. The highest BCUT2D eigenvalue weighted by Crippen LogP contribution is 2.49. The van der Waals surface area contributed by atoms with E-state index in [0.29, 0.717) is 5.75 Å². The molecule has 0 aromatic heterocycles. The van der Waals surface area contributed by atoms with Crippen molar-refractivity contribution in [3.05, 3.63) is 35.6 Å². The van der Waals surface area contributed by atoms with E-state index in [2.05, 4.69) is 9.73 Å². The van der Waals surface area contributed by atoms with Gasteiger partial charge in [-0.15, -0.1) is 0 Å². The van der Waals surface area contributed by atoms with E-state index >= 15 is 0 Å². The van der Waals surface area contributed by atoms with Gasteiger partial charge in [0, 0.05) is 6.21 Å². The van der Waals surface area contributed by atoms with Crippen LogP contribution in [0.1, 0.15) is 6.92 Å². The number of esters is 1. The highest BCUT2D eigenvalue weighted by atomic mass is 19.4. The molecule has 0 bridgehead atoms. The number of aliphatic hydroxyl groups excluding tert-OH is 1. The molecule has 0 heterocycles. The summed E-state index contributed by atoms with van der Waals surface area (Å²) in [6.45, 7) is 0.781. The quantitative estimate of drug-likeness (QED) is 0.231. The highest BCUT2D eigenvalue weighted by molar-refractivity contribution is 6.10. The van der Waals surface area contributed by atoms with E-state index in [4.69, 9.17) is 4.74 Å². The van der Waals surface area contributed by atoms with Crippen LogP contribution in [0.3, 0.4) is 0 Å². The van der Waals surface area contributed by atoms with Crippen LogP contribution in [0.15, 0.2) is 40.6 Å². The molecule has 156 valence electrons. The number of nitrogens with zero attached hydrogens (tertiary/aromatic N) is 1. The molecule has 0 radical (unpaired) electrons. The number of carbonyl (C=O) groups is 1. The topological polar surface area (TPSA) is 68.1 Å². The number of allylic oxidation sites excluding steroid dienone is 1. The Morgan fingerprint density at radius 3 is 2.07 bits per heavy atom. The van der Waals surface area contributed by atoms with E-state index in [0.717, 1.165) is 0 Å². The molecule has 1 aromatic rings. The minimum absolute atomic E-state index is 0.0127. The zero-order valence-corrected chi connectivity index (χ0v) is 14.4. The molecule has 0 aliphatic rings. The third kappa shape index (κ3) is 4.73. The van der Waals surface area contributed by atoms with Gasteiger partial charge in [0.15, 0.2) is 5.76 Å². The molecule has 1 N–H and O–H groups in total. The van der Waals surface area contributed by atoms with Crippen molar-refractivity contribution in [2.75, 3.05) is 13.7 Å². The molecular formula is C16H14F7NO4. The summed E-state index contributed by atoms with van der Waals surface area (Å²) < 4.78 is 99.7. The zero-order chi connectivity index (χ0) is 21.8. The van der Waals surface area contributed by atoms with Crippen molar-refractivity contribution in [1.82, 2.24) is 0 Å². The summed E-state index contributed by atoms with van der Waals surface area (Å²) in [5, 5.41) is 9.43. The van der Waals surface area contributed by atoms with Gasteiger partial charge in [0.1, 0.15) is 11.3 Å². The molecule has 1 rings (SSSR count). The van der Waals surface area contributed by atoms with Gasteiger partial charge in [0.2, 0.25) is 0 Å². The van der Waals surface area contributed by atoms with Crippen molar-refractivity contribution in [3.63, 3.8) is 0 Å². The van der Waals surface area contributed by atoms with Gasteiger partial charge in [-0.2, -0.15) is 30.7 Å². The van der Waals surface area contributed by atoms with Crippen LogP contribution in [-0.4, -0.2) is 49.0 Å². The smallest absolute Gasteiger partial charge is 0.460 e. The number of hydrogen-bond acceptors (Lipinski definition) is 5. The summed E-state index contributed by atoms with van der Waals surface area (Å²) in [5.41, 5.74) is -1.67. The van der Waals surface area contributed by atoms with Crippen LogP contribution in [-0.2, 0) is 9.53 Å². The van der Waals surface area contributed by atoms with Crippen LogP contribution in [0, 0.1) is 0 Å². The predicted octanol–water partition coefficient (Wildman–Crippen LogP) is 4.61. The van der Waals surface area contributed by atoms with Crippen LogP contribution in [0.4, 0.5) is 36.4 Å². The molecular weight excluding hydrogens is 403 g/mol. The summed E-state index contributed by atoms with van der Waals surface area (Å²) in [6.07, 6.45) is -6.49. The van der Waals surface area contributed by atoms with Crippen LogP contribution in [0.25, 0.3) is 0 Å². The number of methoxy groups -OCH3 is 1. The maximum absolute atomic E-state index is 13.7. The summed E-state index contributed by atoms with van der Waals surface area (Å²) in [6, 6.07) is 5.26. The number of benzene rings is 1. The molecule has 12 heteroatoms. The van der Waals surface area contributed by atoms with Crippen molar-refractivity contribution >= 4 is 17.9 Å². The number of halogens is 7. The maximum atomic E-state index is 13.7. The molecule has 0 atom stereocenters. The number of hydrogen-bond donors (Lipinski definition) is 1. The lowest BCUT2D eigenvalue weighted by atomic mass is 10.1. The molecule has 28 heavy (non-hydrogen) atoms. The van der Waals surface area contributed by atoms with E-state index in [-0.39, 0.29) is 11.9 Å². The first-order valence-corrected chi connectivity index (χ1v) is 7.40. The SMILES string of the molecule is CCOC(=O)/C(C=Nc1ccc(OC)cc1)=C(/O)C(F)(F)C(F)(F)C(F)(F)F. The second kappa shape index (κ2) is 8.48. The summed E-state index contributed by atoms with van der Waals surface area (Å²) >= 11 is 0. The largest absolute Gasteiger partial charge is 0.505 e. The second-order valence-corrected chi connectivity index (χ2v) is 5.09. The first kappa shape index (κ1) is 23.2. The zero-order valence-electron chi connectivity index (χ0n) is 14.4. The van der Waals surface area contributed by atoms with Gasteiger partial charge in [-0.1, -0.05) is 0 Å². The normalized spacial score (nSPS) is 14.0. The van der Waals surface area contributed by atoms with Gasteiger partial charge in [-0.05, 0) is 31.2 Å². The average Bonchev–Trinajstić information content (AvgIpc) is 2.61. The van der Waals surface area contributed by atoms with E-state index in [9.17, 15) is 40.6 Å². The van der Waals surface area contributed by atoms with Crippen LogP contribution in [0.5, 0.6) is 5.75 Å². The summed E-state index contributed by atoms with van der Waals surface area (Å²) in [4.78, 5) is 15.2. The van der Waals surface area contributed by atoms with Crippen molar-refractivity contribution in [2.24, 2.45) is 4.99 Å². The van der Waals surface area contributed by atoms with E-state index in [1.165, 1.54) is 38.3 Å². The fraction of sp³-hybridized carbons (Fsp3) is 0.375. The molecule has 0 unspecified atom stereocenters. The lowest BCUT2D eigenvalue weighted by molar-refractivity contribution is -0.349. The Morgan fingerprint density at radius 2 is 1.64 bits per heavy atom. The molecule has 1 aromatic carbocycles. The van der Waals surface area contributed by atoms with Gasteiger partial charge in [0.05, 0.1) is 19.4 Å². The molecule has 0 aliphatic carbocycles. The highest BCUT2D eigenvalue weighted by Gasteiger charge is 2.75. The lowest BCUT2D eigenvalue weighted by Crippen LogP contribution is -2.53.